The van der Waals surface area contributed by atoms with Gasteiger partial charge in [-0.3, -0.25) is 4.79 Å². The first-order valence-electron chi connectivity index (χ1n) is 6.54. The molecular formula is C13H23NO4. The first-order valence-corrected chi connectivity index (χ1v) is 6.54. The monoisotopic (exact) mass is 257 g/mol. The molecule has 0 radical (unpaired) electrons. The molecule has 0 aliphatic carbocycles. The van der Waals surface area contributed by atoms with Crippen LogP contribution in [0.15, 0.2) is 0 Å². The molecule has 2 aliphatic heterocycles. The fraction of sp³-hybridized carbons (Fsp3) is 0.923. The second kappa shape index (κ2) is 4.79. The summed E-state index contributed by atoms with van der Waals surface area (Å²) < 4.78 is 17.4. The second-order valence-corrected chi connectivity index (χ2v) is 5.76. The highest BCUT2D eigenvalue weighted by Gasteiger charge is 2.48. The lowest BCUT2D eigenvalue weighted by Crippen LogP contribution is -2.48. The van der Waals surface area contributed by atoms with E-state index in [1.165, 1.54) is 6.92 Å². The van der Waals surface area contributed by atoms with Crippen LogP contribution in [0.1, 0.15) is 34.6 Å². The summed E-state index contributed by atoms with van der Waals surface area (Å²) in [5.41, 5.74) is 0. The lowest BCUT2D eigenvalue weighted by Gasteiger charge is -2.26. The van der Waals surface area contributed by atoms with Crippen LogP contribution in [-0.4, -0.2) is 42.7 Å². The first-order chi connectivity index (χ1) is 8.30. The molecule has 2 heterocycles. The Labute approximate surface area is 108 Å². The summed E-state index contributed by atoms with van der Waals surface area (Å²) in [7, 11) is 0. The number of hydrogen-bond donors (Lipinski definition) is 1. The van der Waals surface area contributed by atoms with E-state index in [1.54, 1.807) is 0 Å². The minimum atomic E-state index is -0.566. The van der Waals surface area contributed by atoms with Crippen LogP contribution in [0.3, 0.4) is 0 Å². The first kappa shape index (κ1) is 13.8. The maximum absolute atomic E-state index is 11.3. The zero-order valence-electron chi connectivity index (χ0n) is 11.7. The van der Waals surface area contributed by atoms with Crippen molar-refractivity contribution in [3.8, 4) is 0 Å². The van der Waals surface area contributed by atoms with Crippen molar-refractivity contribution < 1.29 is 19.0 Å². The Bertz CT molecular complexity index is 331. The molecule has 1 amide bonds. The van der Waals surface area contributed by atoms with E-state index in [4.69, 9.17) is 14.2 Å². The molecule has 2 fully saturated rings. The third kappa shape index (κ3) is 2.68. The van der Waals surface area contributed by atoms with E-state index in [9.17, 15) is 4.79 Å². The molecule has 1 N–H and O–H groups in total. The van der Waals surface area contributed by atoms with Crippen molar-refractivity contribution in [2.24, 2.45) is 5.92 Å². The van der Waals surface area contributed by atoms with E-state index in [0.29, 0.717) is 6.61 Å². The van der Waals surface area contributed by atoms with Crippen LogP contribution in [0.25, 0.3) is 0 Å². The molecule has 0 bridgehead atoms. The Morgan fingerprint density at radius 1 is 1.33 bits per heavy atom. The second-order valence-electron chi connectivity index (χ2n) is 5.76. The molecule has 0 saturated carbocycles. The summed E-state index contributed by atoms with van der Waals surface area (Å²) in [6, 6.07) is -0.0139. The largest absolute Gasteiger partial charge is 0.370 e. The maximum Gasteiger partial charge on any atom is 0.217 e. The predicted molar refractivity (Wildman–Crippen MR) is 66.0 cm³/mol. The van der Waals surface area contributed by atoms with Crippen molar-refractivity contribution in [1.82, 2.24) is 5.32 Å². The average Bonchev–Trinajstić information content (AvgIpc) is 2.72. The molecule has 0 aromatic carbocycles. The van der Waals surface area contributed by atoms with Crippen LogP contribution >= 0.6 is 0 Å². The van der Waals surface area contributed by atoms with Gasteiger partial charge in [-0.15, -0.1) is 0 Å². The summed E-state index contributed by atoms with van der Waals surface area (Å²) in [5.74, 6) is -0.330. The van der Waals surface area contributed by atoms with Gasteiger partial charge in [0.1, 0.15) is 12.2 Å². The lowest BCUT2D eigenvalue weighted by atomic mass is 9.94. The summed E-state index contributed by atoms with van der Waals surface area (Å²) in [5, 5.41) is 2.98. The summed E-state index contributed by atoms with van der Waals surface area (Å²) in [6.07, 6.45) is -0.149. The molecule has 5 atom stereocenters. The number of ether oxygens (including phenoxy) is 3. The van der Waals surface area contributed by atoms with E-state index in [0.717, 1.165) is 0 Å². The Morgan fingerprint density at radius 2 is 2.00 bits per heavy atom. The molecule has 2 aliphatic rings. The summed E-state index contributed by atoms with van der Waals surface area (Å²) in [6.45, 7) is 9.94. The van der Waals surface area contributed by atoms with E-state index in [1.807, 2.05) is 20.8 Å². The minimum absolute atomic E-state index is 0.0139. The standard InChI is InChI=1S/C13H23NO4/c1-7-8(2)17-12(11(7)14-9(3)15)10-6-16-13(4,5)18-10/h7-8,10-12H,6H2,1-5H3,(H,14,15). The number of nitrogens with one attached hydrogen (secondary N) is 1. The van der Waals surface area contributed by atoms with Crippen molar-refractivity contribution in [2.75, 3.05) is 6.61 Å². The molecule has 18 heavy (non-hydrogen) atoms. The highest BCUT2D eigenvalue weighted by Crippen LogP contribution is 2.34. The van der Waals surface area contributed by atoms with Gasteiger partial charge in [-0.2, -0.15) is 0 Å². The van der Waals surface area contributed by atoms with Crippen LogP contribution in [0.5, 0.6) is 0 Å². The normalized spacial score (nSPS) is 43.1. The van der Waals surface area contributed by atoms with Gasteiger partial charge in [0.2, 0.25) is 5.91 Å². The average molecular weight is 257 g/mol. The Hall–Kier alpha value is -0.650. The van der Waals surface area contributed by atoms with E-state index in [2.05, 4.69) is 12.2 Å². The number of carbonyl (C=O) groups is 1. The van der Waals surface area contributed by atoms with Crippen molar-refractivity contribution >= 4 is 5.91 Å². The van der Waals surface area contributed by atoms with E-state index in [-0.39, 0.29) is 36.2 Å². The Balaban J connectivity index is 2.08. The molecule has 104 valence electrons. The molecule has 0 aromatic heterocycles. The molecule has 5 unspecified atom stereocenters. The molecule has 0 aromatic rings. The van der Waals surface area contributed by atoms with Crippen molar-refractivity contribution in [3.05, 3.63) is 0 Å². The number of hydrogen-bond acceptors (Lipinski definition) is 4. The third-order valence-electron chi connectivity index (χ3n) is 3.80. The summed E-state index contributed by atoms with van der Waals surface area (Å²) in [4.78, 5) is 11.3. The molecule has 0 spiro atoms. The third-order valence-corrected chi connectivity index (χ3v) is 3.80. The smallest absolute Gasteiger partial charge is 0.217 e. The van der Waals surface area contributed by atoms with Crippen LogP contribution in [0.2, 0.25) is 0 Å². The molecule has 5 heteroatoms. The lowest BCUT2D eigenvalue weighted by molar-refractivity contribution is -0.156. The number of amides is 1. The van der Waals surface area contributed by atoms with Crippen molar-refractivity contribution in [2.45, 2.75) is 64.8 Å². The minimum Gasteiger partial charge on any atom is -0.370 e. The van der Waals surface area contributed by atoms with Gasteiger partial charge in [0.25, 0.3) is 0 Å². The fourth-order valence-electron chi connectivity index (χ4n) is 2.69. The van der Waals surface area contributed by atoms with Gasteiger partial charge in [0.05, 0.1) is 18.8 Å². The van der Waals surface area contributed by atoms with E-state index >= 15 is 0 Å². The number of carbonyl (C=O) groups excluding carboxylic acids is 1. The quantitative estimate of drug-likeness (QED) is 0.804. The molecular weight excluding hydrogens is 234 g/mol. The zero-order chi connectivity index (χ0) is 13.5. The molecule has 2 saturated heterocycles. The topological polar surface area (TPSA) is 56.8 Å². The highest BCUT2D eigenvalue weighted by molar-refractivity contribution is 5.73. The highest BCUT2D eigenvalue weighted by atomic mass is 16.7. The van der Waals surface area contributed by atoms with Crippen LogP contribution in [0.4, 0.5) is 0 Å². The van der Waals surface area contributed by atoms with Gasteiger partial charge in [-0.05, 0) is 20.8 Å². The number of rotatable bonds is 2. The molecule has 2 rings (SSSR count). The van der Waals surface area contributed by atoms with Crippen molar-refractivity contribution in [3.63, 3.8) is 0 Å². The van der Waals surface area contributed by atoms with Gasteiger partial charge < -0.3 is 19.5 Å². The van der Waals surface area contributed by atoms with Gasteiger partial charge >= 0.3 is 0 Å². The SMILES string of the molecule is CC(=O)NC1C(C)C(C)OC1C1COC(C)(C)O1. The van der Waals surface area contributed by atoms with Gasteiger partial charge in [-0.25, -0.2) is 0 Å². The van der Waals surface area contributed by atoms with Crippen molar-refractivity contribution in [1.29, 1.82) is 0 Å². The van der Waals surface area contributed by atoms with Gasteiger partial charge in [0, 0.05) is 12.8 Å². The van der Waals surface area contributed by atoms with Crippen LogP contribution < -0.4 is 5.32 Å². The van der Waals surface area contributed by atoms with E-state index < -0.39 is 5.79 Å². The predicted octanol–water partition coefficient (Wildman–Crippen LogP) is 1.07. The Kier molecular flexibility index (Phi) is 3.67. The van der Waals surface area contributed by atoms with Gasteiger partial charge in [-0.1, -0.05) is 6.92 Å². The van der Waals surface area contributed by atoms with Crippen LogP contribution in [-0.2, 0) is 19.0 Å². The Morgan fingerprint density at radius 3 is 2.50 bits per heavy atom. The summed E-state index contributed by atoms with van der Waals surface area (Å²) >= 11 is 0. The maximum atomic E-state index is 11.3. The molecule has 5 nitrogen and oxygen atoms in total. The zero-order valence-corrected chi connectivity index (χ0v) is 11.7. The fourth-order valence-corrected chi connectivity index (χ4v) is 2.69. The van der Waals surface area contributed by atoms with Crippen LogP contribution in [0, 0.1) is 5.92 Å². The van der Waals surface area contributed by atoms with Gasteiger partial charge in [0.15, 0.2) is 5.79 Å².